The van der Waals surface area contributed by atoms with Crippen molar-refractivity contribution in [3.8, 4) is 0 Å². The lowest BCUT2D eigenvalue weighted by Gasteiger charge is -2.26. The third kappa shape index (κ3) is 4.82. The fourth-order valence-electron chi connectivity index (χ4n) is 2.64. The van der Waals surface area contributed by atoms with Crippen LogP contribution >= 0.6 is 0 Å². The van der Waals surface area contributed by atoms with Gasteiger partial charge in [0.05, 0.1) is 11.3 Å². The summed E-state index contributed by atoms with van der Waals surface area (Å²) < 4.78 is 27.0. The maximum Gasteiger partial charge on any atom is 0.335 e. The number of carbonyl (C=O) groups is 1. The van der Waals surface area contributed by atoms with Crippen molar-refractivity contribution in [2.45, 2.75) is 44.4 Å². The molecule has 1 aliphatic carbocycles. The Morgan fingerprint density at radius 2 is 1.76 bits per heavy atom. The molecule has 0 radical (unpaired) electrons. The second kappa shape index (κ2) is 6.58. The molecule has 1 fully saturated rings. The maximum absolute atomic E-state index is 12.1. The zero-order valence-electron chi connectivity index (χ0n) is 12.1. The summed E-state index contributed by atoms with van der Waals surface area (Å²) >= 11 is 0. The lowest BCUT2D eigenvalue weighted by molar-refractivity contribution is 0.0697. The minimum atomic E-state index is -3.38. The van der Waals surface area contributed by atoms with Gasteiger partial charge < -0.3 is 5.11 Å². The number of benzene rings is 1. The molecule has 0 amide bonds. The number of nitrogens with one attached hydrogen (secondary N) is 1. The molecule has 1 aromatic carbocycles. The molecule has 21 heavy (non-hydrogen) atoms. The van der Waals surface area contributed by atoms with E-state index in [1.165, 1.54) is 12.1 Å². The van der Waals surface area contributed by atoms with E-state index < -0.39 is 16.0 Å². The summed E-state index contributed by atoms with van der Waals surface area (Å²) in [6.07, 6.45) is 3.89. The van der Waals surface area contributed by atoms with Crippen molar-refractivity contribution in [3.63, 3.8) is 0 Å². The smallest absolute Gasteiger partial charge is 0.335 e. The molecule has 0 unspecified atom stereocenters. The van der Waals surface area contributed by atoms with Crippen LogP contribution in [0.1, 0.15) is 48.5 Å². The average molecular weight is 311 g/mol. The number of hydrogen-bond acceptors (Lipinski definition) is 3. The molecule has 5 nitrogen and oxygen atoms in total. The van der Waals surface area contributed by atoms with Gasteiger partial charge >= 0.3 is 5.97 Å². The molecule has 2 rings (SSSR count). The van der Waals surface area contributed by atoms with E-state index in [0.29, 0.717) is 11.5 Å². The Balaban J connectivity index is 1.95. The molecule has 0 atom stereocenters. The van der Waals surface area contributed by atoms with Crippen molar-refractivity contribution in [1.29, 1.82) is 0 Å². The maximum atomic E-state index is 12.1. The Hall–Kier alpha value is -1.40. The zero-order valence-corrected chi connectivity index (χ0v) is 12.9. The van der Waals surface area contributed by atoms with Gasteiger partial charge in [-0.05, 0) is 49.3 Å². The molecule has 0 heterocycles. The summed E-state index contributed by atoms with van der Waals surface area (Å²) in [5.74, 6) is -0.452. The highest BCUT2D eigenvalue weighted by molar-refractivity contribution is 7.88. The van der Waals surface area contributed by atoms with Crippen molar-refractivity contribution in [1.82, 2.24) is 4.72 Å². The molecular weight excluding hydrogens is 290 g/mol. The summed E-state index contributed by atoms with van der Waals surface area (Å²) in [6, 6.07) is 5.98. The van der Waals surface area contributed by atoms with Crippen LogP contribution in [0.2, 0.25) is 0 Å². The molecule has 0 spiro atoms. The van der Waals surface area contributed by atoms with E-state index in [0.717, 1.165) is 25.7 Å². The fraction of sp³-hybridized carbons (Fsp3) is 0.533. The molecule has 1 saturated carbocycles. The Morgan fingerprint density at radius 3 is 2.29 bits per heavy atom. The second-order valence-electron chi connectivity index (χ2n) is 5.84. The van der Waals surface area contributed by atoms with Gasteiger partial charge in [0.2, 0.25) is 10.0 Å². The van der Waals surface area contributed by atoms with E-state index in [-0.39, 0.29) is 17.4 Å². The predicted octanol–water partition coefficient (Wildman–Crippen LogP) is 2.38. The zero-order chi connectivity index (χ0) is 15.5. The van der Waals surface area contributed by atoms with Crippen LogP contribution in [0.4, 0.5) is 0 Å². The molecule has 2 N–H and O–H groups in total. The van der Waals surface area contributed by atoms with Crippen LogP contribution in [0.5, 0.6) is 0 Å². The van der Waals surface area contributed by atoms with E-state index >= 15 is 0 Å². The summed E-state index contributed by atoms with van der Waals surface area (Å²) in [5, 5.41) is 8.82. The number of rotatable bonds is 5. The summed E-state index contributed by atoms with van der Waals surface area (Å²) in [6.45, 7) is 2.19. The third-order valence-corrected chi connectivity index (χ3v) is 5.33. The van der Waals surface area contributed by atoms with Crippen molar-refractivity contribution in [3.05, 3.63) is 35.4 Å². The lowest BCUT2D eigenvalue weighted by atomic mass is 9.88. The highest BCUT2D eigenvalue weighted by Gasteiger charge is 2.23. The largest absolute Gasteiger partial charge is 0.478 e. The third-order valence-electron chi connectivity index (χ3n) is 3.92. The van der Waals surface area contributed by atoms with Gasteiger partial charge in [-0.1, -0.05) is 19.1 Å². The highest BCUT2D eigenvalue weighted by Crippen LogP contribution is 2.24. The standard InChI is InChI=1S/C15H21NO4S/c1-11-2-8-14(9-3-11)16-21(19,20)10-12-4-6-13(7-5-12)15(17)18/h4-7,11,14,16H,2-3,8-10H2,1H3,(H,17,18). The average Bonchev–Trinajstić information content (AvgIpc) is 2.41. The SMILES string of the molecule is CC1CCC(NS(=O)(=O)Cc2ccc(C(=O)O)cc2)CC1. The van der Waals surface area contributed by atoms with Gasteiger partial charge in [-0.15, -0.1) is 0 Å². The van der Waals surface area contributed by atoms with E-state index in [2.05, 4.69) is 11.6 Å². The van der Waals surface area contributed by atoms with Gasteiger partial charge in [-0.2, -0.15) is 0 Å². The number of carboxylic acids is 1. The predicted molar refractivity (Wildman–Crippen MR) is 80.6 cm³/mol. The Morgan fingerprint density at radius 1 is 1.19 bits per heavy atom. The Labute approximate surface area is 125 Å². The van der Waals surface area contributed by atoms with Crippen molar-refractivity contribution < 1.29 is 18.3 Å². The van der Waals surface area contributed by atoms with Crippen molar-refractivity contribution in [2.24, 2.45) is 5.92 Å². The normalized spacial score (nSPS) is 22.9. The van der Waals surface area contributed by atoms with Crippen LogP contribution in [-0.4, -0.2) is 25.5 Å². The van der Waals surface area contributed by atoms with Crippen molar-refractivity contribution >= 4 is 16.0 Å². The first-order valence-corrected chi connectivity index (χ1v) is 8.83. The topological polar surface area (TPSA) is 83.5 Å². The van der Waals surface area contributed by atoms with Crippen LogP contribution < -0.4 is 4.72 Å². The first-order chi connectivity index (χ1) is 9.85. The van der Waals surface area contributed by atoms with Gasteiger partial charge in [-0.3, -0.25) is 0 Å². The molecule has 1 aromatic rings. The first kappa shape index (κ1) is 16.0. The molecule has 116 valence electrons. The summed E-state index contributed by atoms with van der Waals surface area (Å²) in [5.41, 5.74) is 0.752. The second-order valence-corrected chi connectivity index (χ2v) is 7.59. The number of carboxylic acid groups (broad SMARTS) is 1. The van der Waals surface area contributed by atoms with Crippen LogP contribution in [0, 0.1) is 5.92 Å². The van der Waals surface area contributed by atoms with E-state index in [4.69, 9.17) is 5.11 Å². The van der Waals surface area contributed by atoms with Gasteiger partial charge in [0, 0.05) is 6.04 Å². The van der Waals surface area contributed by atoms with E-state index in [9.17, 15) is 13.2 Å². The first-order valence-electron chi connectivity index (χ1n) is 7.18. The van der Waals surface area contributed by atoms with Crippen molar-refractivity contribution in [2.75, 3.05) is 0 Å². The van der Waals surface area contributed by atoms with E-state index in [1.54, 1.807) is 12.1 Å². The minimum absolute atomic E-state index is 0.0319. The Bertz CT molecular complexity index is 587. The van der Waals surface area contributed by atoms with Crippen LogP contribution in [0.15, 0.2) is 24.3 Å². The van der Waals surface area contributed by atoms with Crippen LogP contribution in [0.3, 0.4) is 0 Å². The minimum Gasteiger partial charge on any atom is -0.478 e. The highest BCUT2D eigenvalue weighted by atomic mass is 32.2. The summed E-state index contributed by atoms with van der Waals surface area (Å²) in [4.78, 5) is 10.8. The quantitative estimate of drug-likeness (QED) is 0.874. The van der Waals surface area contributed by atoms with Crippen LogP contribution in [-0.2, 0) is 15.8 Å². The Kier molecular flexibility index (Phi) is 5.00. The number of aromatic carboxylic acids is 1. The van der Waals surface area contributed by atoms with Gasteiger partial charge in [0.25, 0.3) is 0 Å². The van der Waals surface area contributed by atoms with Gasteiger partial charge in [0.15, 0.2) is 0 Å². The molecule has 0 aliphatic heterocycles. The number of sulfonamides is 1. The molecule has 0 bridgehead atoms. The van der Waals surface area contributed by atoms with Gasteiger partial charge in [-0.25, -0.2) is 17.9 Å². The van der Waals surface area contributed by atoms with E-state index in [1.807, 2.05) is 0 Å². The van der Waals surface area contributed by atoms with Gasteiger partial charge in [0.1, 0.15) is 0 Å². The lowest BCUT2D eigenvalue weighted by Crippen LogP contribution is -2.37. The van der Waals surface area contributed by atoms with Crippen LogP contribution in [0.25, 0.3) is 0 Å². The molecule has 0 aromatic heterocycles. The fourth-order valence-corrected chi connectivity index (χ4v) is 4.09. The molecule has 6 heteroatoms. The molecule has 1 aliphatic rings. The molecular formula is C15H21NO4S. The molecule has 0 saturated heterocycles. The summed E-state index contributed by atoms with van der Waals surface area (Å²) in [7, 11) is -3.38. The number of hydrogen-bond donors (Lipinski definition) is 2. The monoisotopic (exact) mass is 311 g/mol.